The molecule has 6 heteroatoms. The van der Waals surface area contributed by atoms with Crippen molar-refractivity contribution in [1.29, 1.82) is 5.26 Å². The van der Waals surface area contributed by atoms with Gasteiger partial charge in [0.2, 0.25) is 0 Å². The Hall–Kier alpha value is -2.42. The summed E-state index contributed by atoms with van der Waals surface area (Å²) >= 11 is 0. The van der Waals surface area contributed by atoms with Crippen molar-refractivity contribution in [3.8, 4) is 6.07 Å². The van der Waals surface area contributed by atoms with E-state index < -0.39 is 10.8 Å². The first-order valence-electron chi connectivity index (χ1n) is 5.92. The van der Waals surface area contributed by atoms with Crippen LogP contribution in [0.25, 0.3) is 0 Å². The summed E-state index contributed by atoms with van der Waals surface area (Å²) in [7, 11) is 0. The zero-order valence-electron chi connectivity index (χ0n) is 10.9. The fourth-order valence-corrected chi connectivity index (χ4v) is 1.74. The van der Waals surface area contributed by atoms with Gasteiger partial charge < -0.3 is 4.90 Å². The van der Waals surface area contributed by atoms with E-state index in [0.29, 0.717) is 6.54 Å². The topological polar surface area (TPSA) is 87.2 Å². The molecular formula is C13H15N3O3. The third-order valence-electron chi connectivity index (χ3n) is 2.74. The molecule has 0 aliphatic rings. The number of carbonyl (C=O) groups excluding carboxylic acids is 1. The Labute approximate surface area is 111 Å². The van der Waals surface area contributed by atoms with E-state index in [9.17, 15) is 14.9 Å². The third kappa shape index (κ3) is 3.52. The van der Waals surface area contributed by atoms with Crippen molar-refractivity contribution in [2.45, 2.75) is 20.3 Å². The maximum absolute atomic E-state index is 12.3. The van der Waals surface area contributed by atoms with E-state index in [0.717, 1.165) is 5.56 Å². The summed E-state index contributed by atoms with van der Waals surface area (Å²) in [5.41, 5.74) is 0.654. The average Bonchev–Trinajstić information content (AvgIpc) is 2.38. The van der Waals surface area contributed by atoms with Gasteiger partial charge in [0.15, 0.2) is 0 Å². The lowest BCUT2D eigenvalue weighted by atomic mass is 10.1. The number of aryl methyl sites for hydroxylation is 1. The van der Waals surface area contributed by atoms with Gasteiger partial charge in [0, 0.05) is 19.2 Å². The van der Waals surface area contributed by atoms with E-state index in [1.807, 2.05) is 6.07 Å². The van der Waals surface area contributed by atoms with E-state index in [2.05, 4.69) is 0 Å². The Morgan fingerprint density at radius 3 is 2.74 bits per heavy atom. The number of rotatable bonds is 5. The molecule has 1 rings (SSSR count). The standard InChI is InChI=1S/C13H15N3O3/c1-3-15(8-4-7-14)13(17)11-9-10(2)5-6-12(11)16(18)19/h5-6,9H,3-4,8H2,1-2H3. The molecule has 0 aliphatic carbocycles. The van der Waals surface area contributed by atoms with Crippen LogP contribution in [0, 0.1) is 28.4 Å². The molecule has 0 unspecified atom stereocenters. The summed E-state index contributed by atoms with van der Waals surface area (Å²) in [5, 5.41) is 19.5. The van der Waals surface area contributed by atoms with Crippen LogP contribution >= 0.6 is 0 Å². The van der Waals surface area contributed by atoms with Crippen molar-refractivity contribution in [3.63, 3.8) is 0 Å². The number of hydrogen-bond donors (Lipinski definition) is 0. The highest BCUT2D eigenvalue weighted by molar-refractivity contribution is 5.98. The fraction of sp³-hybridized carbons (Fsp3) is 0.385. The molecule has 0 radical (unpaired) electrons. The van der Waals surface area contributed by atoms with Crippen LogP contribution in [0.3, 0.4) is 0 Å². The Morgan fingerprint density at radius 1 is 1.53 bits per heavy atom. The molecule has 0 heterocycles. The van der Waals surface area contributed by atoms with Crippen LogP contribution in [-0.4, -0.2) is 28.8 Å². The summed E-state index contributed by atoms with van der Waals surface area (Å²) < 4.78 is 0. The predicted octanol–water partition coefficient (Wildman–Crippen LogP) is 2.28. The van der Waals surface area contributed by atoms with Gasteiger partial charge in [-0.05, 0) is 25.5 Å². The lowest BCUT2D eigenvalue weighted by Crippen LogP contribution is -2.32. The highest BCUT2D eigenvalue weighted by atomic mass is 16.6. The Balaban J connectivity index is 3.13. The molecule has 0 bridgehead atoms. The summed E-state index contributed by atoms with van der Waals surface area (Å²) in [6, 6.07) is 6.40. The summed E-state index contributed by atoms with van der Waals surface area (Å²) in [6.07, 6.45) is 0.208. The Kier molecular flexibility index (Phi) is 5.01. The Bertz CT molecular complexity index is 534. The first-order valence-corrected chi connectivity index (χ1v) is 5.92. The average molecular weight is 261 g/mol. The lowest BCUT2D eigenvalue weighted by molar-refractivity contribution is -0.385. The second kappa shape index (κ2) is 6.50. The van der Waals surface area contributed by atoms with Gasteiger partial charge in [0.25, 0.3) is 11.6 Å². The second-order valence-electron chi connectivity index (χ2n) is 4.07. The van der Waals surface area contributed by atoms with E-state index in [1.165, 1.54) is 17.0 Å². The van der Waals surface area contributed by atoms with E-state index >= 15 is 0 Å². The number of nitrogens with zero attached hydrogens (tertiary/aromatic N) is 3. The van der Waals surface area contributed by atoms with Gasteiger partial charge in [0.1, 0.15) is 5.56 Å². The van der Waals surface area contributed by atoms with Crippen molar-refractivity contribution < 1.29 is 9.72 Å². The molecule has 0 aromatic heterocycles. The van der Waals surface area contributed by atoms with E-state index in [1.54, 1.807) is 19.9 Å². The second-order valence-corrected chi connectivity index (χ2v) is 4.07. The first kappa shape index (κ1) is 14.6. The van der Waals surface area contributed by atoms with Crippen LogP contribution < -0.4 is 0 Å². The largest absolute Gasteiger partial charge is 0.338 e. The normalized spacial score (nSPS) is 9.74. The van der Waals surface area contributed by atoms with Crippen LogP contribution in [0.2, 0.25) is 0 Å². The van der Waals surface area contributed by atoms with Crippen molar-refractivity contribution in [2.24, 2.45) is 0 Å². The molecule has 0 spiro atoms. The van der Waals surface area contributed by atoms with Gasteiger partial charge in [0.05, 0.1) is 17.4 Å². The minimum Gasteiger partial charge on any atom is -0.338 e. The monoisotopic (exact) mass is 261 g/mol. The van der Waals surface area contributed by atoms with Gasteiger partial charge in [-0.15, -0.1) is 0 Å². The van der Waals surface area contributed by atoms with Crippen molar-refractivity contribution in [3.05, 3.63) is 39.4 Å². The number of amides is 1. The summed E-state index contributed by atoms with van der Waals surface area (Å²) in [5.74, 6) is -0.409. The van der Waals surface area contributed by atoms with E-state index in [4.69, 9.17) is 5.26 Å². The summed E-state index contributed by atoms with van der Waals surface area (Å²) in [4.78, 5) is 24.1. The number of carbonyl (C=O) groups is 1. The number of hydrogen-bond acceptors (Lipinski definition) is 4. The van der Waals surface area contributed by atoms with Gasteiger partial charge in [-0.3, -0.25) is 14.9 Å². The smallest absolute Gasteiger partial charge is 0.282 e. The number of benzene rings is 1. The molecule has 1 aromatic carbocycles. The molecule has 0 fully saturated rings. The minimum atomic E-state index is -0.565. The quantitative estimate of drug-likeness (QED) is 0.601. The van der Waals surface area contributed by atoms with Gasteiger partial charge in [-0.1, -0.05) is 6.07 Å². The highest BCUT2D eigenvalue weighted by Crippen LogP contribution is 2.21. The maximum Gasteiger partial charge on any atom is 0.282 e. The van der Waals surface area contributed by atoms with Crippen LogP contribution in [0.1, 0.15) is 29.3 Å². The molecule has 0 atom stereocenters. The third-order valence-corrected chi connectivity index (χ3v) is 2.74. The minimum absolute atomic E-state index is 0.0739. The molecule has 100 valence electrons. The number of nitro groups is 1. The maximum atomic E-state index is 12.3. The van der Waals surface area contributed by atoms with Crippen molar-refractivity contribution >= 4 is 11.6 Å². The predicted molar refractivity (Wildman–Crippen MR) is 69.6 cm³/mol. The SMILES string of the molecule is CCN(CCC#N)C(=O)c1cc(C)ccc1[N+](=O)[O-]. The lowest BCUT2D eigenvalue weighted by Gasteiger charge is -2.19. The summed E-state index contributed by atoms with van der Waals surface area (Å²) in [6.45, 7) is 4.23. The molecular weight excluding hydrogens is 246 g/mol. The number of nitro benzene ring substituents is 1. The van der Waals surface area contributed by atoms with Crippen molar-refractivity contribution in [1.82, 2.24) is 4.90 Å². The van der Waals surface area contributed by atoms with E-state index in [-0.39, 0.29) is 24.2 Å². The van der Waals surface area contributed by atoms with Crippen molar-refractivity contribution in [2.75, 3.05) is 13.1 Å². The molecule has 0 saturated heterocycles. The van der Waals surface area contributed by atoms with Crippen LogP contribution in [0.15, 0.2) is 18.2 Å². The molecule has 1 aromatic rings. The molecule has 6 nitrogen and oxygen atoms in total. The fourth-order valence-electron chi connectivity index (χ4n) is 1.74. The molecule has 0 aliphatic heterocycles. The number of nitriles is 1. The molecule has 0 saturated carbocycles. The van der Waals surface area contributed by atoms with Gasteiger partial charge in [-0.2, -0.15) is 5.26 Å². The molecule has 1 amide bonds. The van der Waals surface area contributed by atoms with Crippen LogP contribution in [0.4, 0.5) is 5.69 Å². The highest BCUT2D eigenvalue weighted by Gasteiger charge is 2.23. The van der Waals surface area contributed by atoms with Crippen LogP contribution in [-0.2, 0) is 0 Å². The molecule has 19 heavy (non-hydrogen) atoms. The van der Waals surface area contributed by atoms with Gasteiger partial charge in [-0.25, -0.2) is 0 Å². The molecule has 0 N–H and O–H groups in total. The van der Waals surface area contributed by atoms with Crippen LogP contribution in [0.5, 0.6) is 0 Å². The zero-order chi connectivity index (χ0) is 14.4. The van der Waals surface area contributed by atoms with Gasteiger partial charge >= 0.3 is 0 Å². The Morgan fingerprint density at radius 2 is 2.21 bits per heavy atom. The zero-order valence-corrected chi connectivity index (χ0v) is 10.9. The first-order chi connectivity index (χ1) is 9.01.